The molecule has 1 saturated heterocycles. The van der Waals surface area contributed by atoms with Crippen LogP contribution in [0.3, 0.4) is 0 Å². The van der Waals surface area contributed by atoms with Crippen LogP contribution < -0.4 is 5.32 Å². The molecule has 0 aliphatic carbocycles. The average Bonchev–Trinajstić information content (AvgIpc) is 2.11. The summed E-state index contributed by atoms with van der Waals surface area (Å²) in [6, 6.07) is 1.26. The van der Waals surface area contributed by atoms with Gasteiger partial charge in [-0.3, -0.25) is 0 Å². The van der Waals surface area contributed by atoms with E-state index in [-0.39, 0.29) is 24.0 Å². The van der Waals surface area contributed by atoms with Crippen molar-refractivity contribution in [1.29, 1.82) is 0 Å². The van der Waals surface area contributed by atoms with Crippen molar-refractivity contribution in [3.05, 3.63) is 34.9 Å². The molecule has 1 aromatic rings. The van der Waals surface area contributed by atoms with Crippen molar-refractivity contribution in [3.63, 3.8) is 0 Å². The molecule has 0 radical (unpaired) electrons. The number of hydrogen-bond donors (Lipinski definition) is 1. The molecule has 1 heterocycles. The fourth-order valence-corrected chi connectivity index (χ4v) is 1.84. The van der Waals surface area contributed by atoms with Crippen molar-refractivity contribution >= 4 is 12.4 Å². The Balaban J connectivity index is 0.00000180. The second-order valence-corrected chi connectivity index (χ2v) is 4.09. The number of rotatable bonds is 1. The van der Waals surface area contributed by atoms with E-state index >= 15 is 0 Å². The van der Waals surface area contributed by atoms with Crippen LogP contribution in [0.15, 0.2) is 18.2 Å². The normalized spacial score (nSPS) is 19.6. The van der Waals surface area contributed by atoms with E-state index in [4.69, 9.17) is 0 Å². The van der Waals surface area contributed by atoms with Gasteiger partial charge in [0, 0.05) is 6.04 Å². The molecule has 0 bridgehead atoms. The number of halogens is 7. The van der Waals surface area contributed by atoms with E-state index in [1.54, 1.807) is 0 Å². The van der Waals surface area contributed by atoms with Gasteiger partial charge in [-0.05, 0) is 30.7 Å². The number of hydrogen-bond acceptors (Lipinski definition) is 1. The second kappa shape index (κ2) is 5.20. The standard InChI is InChI=1S/C11H9F6N.ClH/c12-10(13,14)6-1-2-7(9-3-4-18-9)8(5-6)11(15,16)17;/h1-2,5,9,18H,3-4H2;1H/t9-;/m1./s1. The molecule has 1 aliphatic rings. The second-order valence-electron chi connectivity index (χ2n) is 4.09. The van der Waals surface area contributed by atoms with Crippen molar-refractivity contribution in [2.75, 3.05) is 6.54 Å². The number of alkyl halides is 6. The SMILES string of the molecule is Cl.FC(F)(F)c1ccc([C@H]2CCN2)c(C(F)(F)F)c1. The van der Waals surface area contributed by atoms with E-state index in [0.29, 0.717) is 19.0 Å². The summed E-state index contributed by atoms with van der Waals surface area (Å²) in [5.41, 5.74) is -2.62. The van der Waals surface area contributed by atoms with Gasteiger partial charge in [-0.1, -0.05) is 6.07 Å². The fourth-order valence-electron chi connectivity index (χ4n) is 1.84. The Morgan fingerprint density at radius 3 is 1.95 bits per heavy atom. The molecule has 1 aromatic carbocycles. The first-order valence-corrected chi connectivity index (χ1v) is 5.21. The van der Waals surface area contributed by atoms with Gasteiger partial charge in [-0.15, -0.1) is 12.4 Å². The van der Waals surface area contributed by atoms with Gasteiger partial charge in [0.25, 0.3) is 0 Å². The largest absolute Gasteiger partial charge is 0.416 e. The zero-order valence-corrected chi connectivity index (χ0v) is 10.2. The highest BCUT2D eigenvalue weighted by Gasteiger charge is 2.40. The Labute approximate surface area is 111 Å². The van der Waals surface area contributed by atoms with Crippen LogP contribution in [0.2, 0.25) is 0 Å². The maximum atomic E-state index is 12.7. The van der Waals surface area contributed by atoms with Crippen molar-refractivity contribution in [3.8, 4) is 0 Å². The zero-order valence-electron chi connectivity index (χ0n) is 9.40. The third kappa shape index (κ3) is 3.33. The monoisotopic (exact) mass is 305 g/mol. The molecule has 0 unspecified atom stereocenters. The Bertz CT molecular complexity index is 449. The minimum absolute atomic E-state index is 0. The molecule has 0 amide bonds. The van der Waals surface area contributed by atoms with Crippen LogP contribution in [0, 0.1) is 0 Å². The quantitative estimate of drug-likeness (QED) is 0.768. The maximum absolute atomic E-state index is 12.7. The molecule has 1 atom stereocenters. The average molecular weight is 306 g/mol. The van der Waals surface area contributed by atoms with Crippen molar-refractivity contribution in [2.24, 2.45) is 0 Å². The molecule has 1 nitrogen and oxygen atoms in total. The summed E-state index contributed by atoms with van der Waals surface area (Å²) in [6.07, 6.45) is -9.06. The van der Waals surface area contributed by atoms with E-state index in [0.717, 1.165) is 6.07 Å². The van der Waals surface area contributed by atoms with Gasteiger partial charge >= 0.3 is 12.4 Å². The molecular formula is C11H10ClF6N. The predicted octanol–water partition coefficient (Wildman–Crippen LogP) is 4.18. The van der Waals surface area contributed by atoms with Gasteiger partial charge in [0.2, 0.25) is 0 Å². The Kier molecular flexibility index (Phi) is 4.41. The van der Waals surface area contributed by atoms with Gasteiger partial charge < -0.3 is 5.32 Å². The van der Waals surface area contributed by atoms with Crippen LogP contribution in [0.4, 0.5) is 26.3 Å². The number of nitrogens with one attached hydrogen (secondary N) is 1. The summed E-state index contributed by atoms with van der Waals surface area (Å²) in [5, 5.41) is 2.75. The predicted molar refractivity (Wildman–Crippen MR) is 59.1 cm³/mol. The Morgan fingerprint density at radius 1 is 1.00 bits per heavy atom. The Morgan fingerprint density at radius 2 is 1.58 bits per heavy atom. The smallest absolute Gasteiger partial charge is 0.310 e. The molecular weight excluding hydrogens is 296 g/mol. The molecule has 0 saturated carbocycles. The molecule has 0 spiro atoms. The molecule has 19 heavy (non-hydrogen) atoms. The van der Waals surface area contributed by atoms with Crippen LogP contribution in [-0.2, 0) is 12.4 Å². The first-order valence-electron chi connectivity index (χ1n) is 5.21. The van der Waals surface area contributed by atoms with Gasteiger partial charge in [-0.25, -0.2) is 0 Å². The van der Waals surface area contributed by atoms with E-state index < -0.39 is 29.5 Å². The van der Waals surface area contributed by atoms with Crippen LogP contribution >= 0.6 is 12.4 Å². The molecule has 1 aliphatic heterocycles. The van der Waals surface area contributed by atoms with Crippen molar-refractivity contribution in [1.82, 2.24) is 5.32 Å². The number of benzene rings is 1. The van der Waals surface area contributed by atoms with E-state index in [9.17, 15) is 26.3 Å². The first kappa shape index (κ1) is 16.1. The lowest BCUT2D eigenvalue weighted by molar-refractivity contribution is -0.143. The van der Waals surface area contributed by atoms with Crippen molar-refractivity contribution < 1.29 is 26.3 Å². The molecule has 108 valence electrons. The minimum atomic E-state index is -4.78. The zero-order chi connectivity index (χ0) is 13.6. The highest BCUT2D eigenvalue weighted by Crippen LogP contribution is 2.40. The van der Waals surface area contributed by atoms with Crippen LogP contribution in [0.1, 0.15) is 29.2 Å². The summed E-state index contributed by atoms with van der Waals surface area (Å²) >= 11 is 0. The maximum Gasteiger partial charge on any atom is 0.416 e. The fraction of sp³-hybridized carbons (Fsp3) is 0.455. The first-order chi connectivity index (χ1) is 8.19. The molecule has 1 N–H and O–H groups in total. The third-order valence-electron chi connectivity index (χ3n) is 2.89. The summed E-state index contributed by atoms with van der Waals surface area (Å²) in [4.78, 5) is 0. The summed E-state index contributed by atoms with van der Waals surface area (Å²) < 4.78 is 75.4. The lowest BCUT2D eigenvalue weighted by Crippen LogP contribution is -2.36. The van der Waals surface area contributed by atoms with Gasteiger partial charge in [0.15, 0.2) is 0 Å². The van der Waals surface area contributed by atoms with E-state index in [1.807, 2.05) is 0 Å². The third-order valence-corrected chi connectivity index (χ3v) is 2.89. The lowest BCUT2D eigenvalue weighted by atomic mass is 9.92. The topological polar surface area (TPSA) is 12.0 Å². The summed E-state index contributed by atoms with van der Waals surface area (Å²) in [7, 11) is 0. The molecule has 8 heteroatoms. The van der Waals surface area contributed by atoms with Gasteiger partial charge in [-0.2, -0.15) is 26.3 Å². The lowest BCUT2D eigenvalue weighted by Gasteiger charge is -2.30. The van der Waals surface area contributed by atoms with Crippen LogP contribution in [-0.4, -0.2) is 6.54 Å². The van der Waals surface area contributed by atoms with Gasteiger partial charge in [0.1, 0.15) is 0 Å². The molecule has 2 rings (SSSR count). The highest BCUT2D eigenvalue weighted by atomic mass is 35.5. The van der Waals surface area contributed by atoms with Gasteiger partial charge in [0.05, 0.1) is 11.1 Å². The van der Waals surface area contributed by atoms with Crippen molar-refractivity contribution in [2.45, 2.75) is 24.8 Å². The van der Waals surface area contributed by atoms with Crippen LogP contribution in [0.25, 0.3) is 0 Å². The Hall–Kier alpha value is -0.950. The molecule has 1 fully saturated rings. The summed E-state index contributed by atoms with van der Waals surface area (Å²) in [5.74, 6) is 0. The highest BCUT2D eigenvalue weighted by molar-refractivity contribution is 5.85. The van der Waals surface area contributed by atoms with Crippen LogP contribution in [0.5, 0.6) is 0 Å². The van der Waals surface area contributed by atoms with E-state index in [1.165, 1.54) is 0 Å². The molecule has 0 aromatic heterocycles. The summed E-state index contributed by atoms with van der Waals surface area (Å²) in [6.45, 7) is 0.572. The minimum Gasteiger partial charge on any atom is -0.310 e. The van der Waals surface area contributed by atoms with E-state index in [2.05, 4.69) is 5.32 Å².